The van der Waals surface area contributed by atoms with Crippen LogP contribution in [0.25, 0.3) is 22.4 Å². The molecule has 3 aromatic rings. The molecule has 0 bridgehead atoms. The number of halogens is 1. The third-order valence-electron chi connectivity index (χ3n) is 3.49. The number of fused-ring (bicyclic) bond motifs is 1. The molecule has 1 amide bonds. The predicted molar refractivity (Wildman–Crippen MR) is 103 cm³/mol. The molecule has 1 heterocycles. The Bertz CT molecular complexity index is 922. The Morgan fingerprint density at radius 1 is 1.20 bits per heavy atom. The normalized spacial score (nSPS) is 10.5. The largest absolute Gasteiger partial charge is 0.362 e. The van der Waals surface area contributed by atoms with E-state index in [0.29, 0.717) is 22.2 Å². The van der Waals surface area contributed by atoms with Gasteiger partial charge in [-0.15, -0.1) is 0 Å². The van der Waals surface area contributed by atoms with Crippen molar-refractivity contribution in [1.29, 1.82) is 0 Å². The van der Waals surface area contributed by atoms with E-state index >= 15 is 0 Å². The van der Waals surface area contributed by atoms with Gasteiger partial charge < -0.3 is 10.3 Å². The molecular formula is C17H16ClN5OS. The third-order valence-corrected chi connectivity index (χ3v) is 3.99. The maximum absolute atomic E-state index is 12.2. The van der Waals surface area contributed by atoms with Crippen LogP contribution in [0.4, 0.5) is 0 Å². The van der Waals surface area contributed by atoms with Crippen LogP contribution in [0.15, 0.2) is 42.5 Å². The van der Waals surface area contributed by atoms with Crippen LogP contribution in [0.1, 0.15) is 17.3 Å². The van der Waals surface area contributed by atoms with Gasteiger partial charge in [-0.1, -0.05) is 11.6 Å². The standard InChI is InChI=1S/C17H16ClN5OS/c1-2-19-17(25)23-22-16(24)11-5-8-13-14(9-11)21-15(20-13)10-3-6-12(18)7-4-10/h3-9H,2H2,1H3,(H,20,21)(H,22,24)(H2,19,23,25). The number of nitrogens with one attached hydrogen (secondary N) is 4. The number of H-pyrrole nitrogens is 1. The number of imidazole rings is 1. The molecule has 0 saturated carbocycles. The lowest BCUT2D eigenvalue weighted by Crippen LogP contribution is -2.46. The van der Waals surface area contributed by atoms with E-state index in [1.54, 1.807) is 18.2 Å². The summed E-state index contributed by atoms with van der Waals surface area (Å²) < 4.78 is 0. The van der Waals surface area contributed by atoms with Crippen molar-refractivity contribution >= 4 is 45.9 Å². The highest BCUT2D eigenvalue weighted by atomic mass is 35.5. The second-order valence-electron chi connectivity index (χ2n) is 5.26. The number of thiocarbonyl (C=S) groups is 1. The van der Waals surface area contributed by atoms with E-state index in [-0.39, 0.29) is 5.91 Å². The molecule has 8 heteroatoms. The number of amides is 1. The molecule has 0 atom stereocenters. The van der Waals surface area contributed by atoms with Crippen molar-refractivity contribution in [2.45, 2.75) is 6.92 Å². The first-order chi connectivity index (χ1) is 12.1. The van der Waals surface area contributed by atoms with Crippen LogP contribution in [0.5, 0.6) is 0 Å². The molecule has 0 aliphatic heterocycles. The summed E-state index contributed by atoms with van der Waals surface area (Å²) in [6, 6.07) is 12.6. The molecule has 2 aromatic carbocycles. The summed E-state index contributed by atoms with van der Waals surface area (Å²) in [6.07, 6.45) is 0. The van der Waals surface area contributed by atoms with Crippen LogP contribution in [0, 0.1) is 0 Å². The van der Waals surface area contributed by atoms with Gasteiger partial charge in [0.15, 0.2) is 5.11 Å². The van der Waals surface area contributed by atoms with Gasteiger partial charge in [0.25, 0.3) is 5.91 Å². The van der Waals surface area contributed by atoms with Crippen molar-refractivity contribution in [1.82, 2.24) is 26.1 Å². The Morgan fingerprint density at radius 2 is 1.96 bits per heavy atom. The van der Waals surface area contributed by atoms with E-state index in [0.717, 1.165) is 22.4 Å². The van der Waals surface area contributed by atoms with E-state index in [1.165, 1.54) is 0 Å². The molecule has 0 saturated heterocycles. The first-order valence-corrected chi connectivity index (χ1v) is 8.45. The summed E-state index contributed by atoms with van der Waals surface area (Å²) in [5.41, 5.74) is 8.16. The molecule has 4 N–H and O–H groups in total. The number of nitrogens with zero attached hydrogens (tertiary/aromatic N) is 1. The highest BCUT2D eigenvalue weighted by molar-refractivity contribution is 7.80. The minimum absolute atomic E-state index is 0.287. The summed E-state index contributed by atoms with van der Waals surface area (Å²) in [5, 5.41) is 3.92. The number of rotatable bonds is 3. The molecule has 6 nitrogen and oxygen atoms in total. The summed E-state index contributed by atoms with van der Waals surface area (Å²) in [5.74, 6) is 0.431. The maximum Gasteiger partial charge on any atom is 0.269 e. The number of hydrazine groups is 1. The van der Waals surface area contributed by atoms with Crippen LogP contribution < -0.4 is 16.2 Å². The molecule has 1 aromatic heterocycles. The van der Waals surface area contributed by atoms with Crippen molar-refractivity contribution in [3.63, 3.8) is 0 Å². The van der Waals surface area contributed by atoms with Crippen LogP contribution >= 0.6 is 23.8 Å². The molecule has 0 unspecified atom stereocenters. The van der Waals surface area contributed by atoms with Gasteiger partial charge in [0.2, 0.25) is 0 Å². The van der Waals surface area contributed by atoms with E-state index in [9.17, 15) is 4.79 Å². The minimum Gasteiger partial charge on any atom is -0.362 e. The first-order valence-electron chi connectivity index (χ1n) is 7.66. The van der Waals surface area contributed by atoms with E-state index in [1.807, 2.05) is 31.2 Å². The fourth-order valence-corrected chi connectivity index (χ4v) is 2.61. The molecule has 0 spiro atoms. The first kappa shape index (κ1) is 17.2. The average Bonchev–Trinajstić information content (AvgIpc) is 3.03. The quantitative estimate of drug-likeness (QED) is 0.419. The van der Waals surface area contributed by atoms with Gasteiger partial charge >= 0.3 is 0 Å². The van der Waals surface area contributed by atoms with Gasteiger partial charge in [0.05, 0.1) is 11.0 Å². The number of benzene rings is 2. The summed E-state index contributed by atoms with van der Waals surface area (Å²) in [4.78, 5) is 20.0. The van der Waals surface area contributed by atoms with Gasteiger partial charge in [0.1, 0.15) is 5.82 Å². The number of aromatic nitrogens is 2. The second-order valence-corrected chi connectivity index (χ2v) is 6.11. The highest BCUT2D eigenvalue weighted by Gasteiger charge is 2.10. The SMILES string of the molecule is CCNC(=S)NNC(=O)c1ccc2nc(-c3ccc(Cl)cc3)[nH]c2c1. The van der Waals surface area contributed by atoms with Crippen LogP contribution in [0.3, 0.4) is 0 Å². The smallest absolute Gasteiger partial charge is 0.269 e. The summed E-state index contributed by atoms with van der Waals surface area (Å²) in [7, 11) is 0. The fraction of sp³-hybridized carbons (Fsp3) is 0.118. The predicted octanol–water partition coefficient (Wildman–Crippen LogP) is 3.01. The highest BCUT2D eigenvalue weighted by Crippen LogP contribution is 2.22. The number of aromatic amines is 1. The Balaban J connectivity index is 1.79. The van der Waals surface area contributed by atoms with Gasteiger partial charge in [-0.25, -0.2) is 4.98 Å². The van der Waals surface area contributed by atoms with Crippen molar-refractivity contribution in [2.75, 3.05) is 6.54 Å². The monoisotopic (exact) mass is 373 g/mol. The lowest BCUT2D eigenvalue weighted by atomic mass is 10.2. The Hall–Kier alpha value is -2.64. The van der Waals surface area contributed by atoms with Gasteiger partial charge in [0, 0.05) is 22.7 Å². The number of hydrogen-bond acceptors (Lipinski definition) is 3. The Kier molecular flexibility index (Phi) is 5.16. The van der Waals surface area contributed by atoms with Crippen LogP contribution in [-0.2, 0) is 0 Å². The molecule has 25 heavy (non-hydrogen) atoms. The van der Waals surface area contributed by atoms with Crippen molar-refractivity contribution in [3.8, 4) is 11.4 Å². The topological polar surface area (TPSA) is 81.8 Å². The lowest BCUT2D eigenvalue weighted by molar-refractivity contribution is 0.0944. The number of carbonyl (C=O) groups excluding carboxylic acids is 1. The molecule has 3 rings (SSSR count). The molecule has 0 fully saturated rings. The van der Waals surface area contributed by atoms with E-state index in [4.69, 9.17) is 23.8 Å². The zero-order valence-corrected chi connectivity index (χ0v) is 15.0. The Morgan fingerprint density at radius 3 is 2.68 bits per heavy atom. The zero-order chi connectivity index (χ0) is 17.8. The Labute approximate surface area is 155 Å². The molecule has 0 aliphatic rings. The fourth-order valence-electron chi connectivity index (χ4n) is 2.29. The van der Waals surface area contributed by atoms with Gasteiger partial charge in [-0.2, -0.15) is 0 Å². The minimum atomic E-state index is -0.287. The molecule has 0 radical (unpaired) electrons. The lowest BCUT2D eigenvalue weighted by Gasteiger charge is -2.09. The summed E-state index contributed by atoms with van der Waals surface area (Å²) >= 11 is 10.9. The van der Waals surface area contributed by atoms with Crippen molar-refractivity contribution in [2.24, 2.45) is 0 Å². The molecule has 0 aliphatic carbocycles. The maximum atomic E-state index is 12.2. The summed E-state index contributed by atoms with van der Waals surface area (Å²) in [6.45, 7) is 2.59. The van der Waals surface area contributed by atoms with E-state index < -0.39 is 0 Å². The van der Waals surface area contributed by atoms with Gasteiger partial charge in [-0.05, 0) is 61.6 Å². The third kappa shape index (κ3) is 4.07. The van der Waals surface area contributed by atoms with Gasteiger partial charge in [-0.3, -0.25) is 15.6 Å². The number of carbonyl (C=O) groups is 1. The molecular weight excluding hydrogens is 358 g/mol. The van der Waals surface area contributed by atoms with Crippen molar-refractivity contribution in [3.05, 3.63) is 53.1 Å². The molecule has 128 valence electrons. The van der Waals surface area contributed by atoms with Crippen molar-refractivity contribution < 1.29 is 4.79 Å². The van der Waals surface area contributed by atoms with E-state index in [2.05, 4.69) is 26.1 Å². The van der Waals surface area contributed by atoms with Crippen LogP contribution in [-0.4, -0.2) is 27.5 Å². The number of hydrogen-bond donors (Lipinski definition) is 4. The average molecular weight is 374 g/mol. The van der Waals surface area contributed by atoms with Crippen LogP contribution in [0.2, 0.25) is 5.02 Å². The second kappa shape index (κ2) is 7.50. The zero-order valence-electron chi connectivity index (χ0n) is 13.4.